The van der Waals surface area contributed by atoms with Gasteiger partial charge in [0.25, 0.3) is 0 Å². The van der Waals surface area contributed by atoms with Gasteiger partial charge in [-0.05, 0) is 49.7 Å². The van der Waals surface area contributed by atoms with Crippen LogP contribution in [0, 0.1) is 18.8 Å². The first-order chi connectivity index (χ1) is 19.2. The Morgan fingerprint density at radius 1 is 1.23 bits per heavy atom. The minimum Gasteiger partial charge on any atom is -0.760 e. The summed E-state index contributed by atoms with van der Waals surface area (Å²) in [5.74, 6) is 0.157. The van der Waals surface area contributed by atoms with E-state index in [-0.39, 0.29) is 30.8 Å². The van der Waals surface area contributed by atoms with Gasteiger partial charge in [-0.25, -0.2) is 14.1 Å². The van der Waals surface area contributed by atoms with Crippen molar-refractivity contribution in [3.05, 3.63) is 51.5 Å². The monoisotopic (exact) mass is 594 g/mol. The number of benzene rings is 1. The Labute approximate surface area is 243 Å². The molecule has 10 nitrogen and oxygen atoms in total. The molecule has 0 aliphatic carbocycles. The van der Waals surface area contributed by atoms with Crippen molar-refractivity contribution in [3.63, 3.8) is 0 Å². The maximum atomic E-state index is 13.1. The summed E-state index contributed by atoms with van der Waals surface area (Å²) in [5, 5.41) is 6.13. The van der Waals surface area contributed by atoms with Crippen LogP contribution in [0.25, 0.3) is 0 Å². The minimum absolute atomic E-state index is 0.0209. The molecule has 1 N–H and O–H groups in total. The summed E-state index contributed by atoms with van der Waals surface area (Å²) in [7, 11) is 1.53. The standard InChI is InChI=1S/C28H41N3O7S2/c1-18(2)14-31(40(33)34)15-25(35-4)24(30-28(32)38-26-16-37-27-23(26)11-12-36-27)13-21-7-5-20(6-8-21)9-10-22-17-39-19(3)29-22/h5-8,17-18,23-27H,9-16H2,1-4H3,(H,30,32)(H,33,34)/p-1. The predicted molar refractivity (Wildman–Crippen MR) is 152 cm³/mol. The number of nitrogens with one attached hydrogen (secondary N) is 1. The van der Waals surface area contributed by atoms with Crippen LogP contribution < -0.4 is 5.32 Å². The highest BCUT2D eigenvalue weighted by molar-refractivity contribution is 7.76. The number of carbonyl (C=O) groups excluding carboxylic acids is 1. The number of aryl methyl sites for hydroxylation is 3. The number of methoxy groups -OCH3 is 1. The molecule has 0 saturated carbocycles. The largest absolute Gasteiger partial charge is 0.760 e. The number of alkyl carbamates (subject to hydrolysis) is 1. The van der Waals surface area contributed by atoms with Crippen molar-refractivity contribution in [2.75, 3.05) is 33.4 Å². The van der Waals surface area contributed by atoms with Crippen LogP contribution in [-0.4, -0.2) is 82.1 Å². The average Bonchev–Trinajstić information content (AvgIpc) is 3.64. The van der Waals surface area contributed by atoms with Crippen molar-refractivity contribution in [2.45, 2.75) is 71.0 Å². The molecule has 2 aromatic rings. The predicted octanol–water partition coefficient (Wildman–Crippen LogP) is 3.40. The molecule has 4 rings (SSSR count). The molecule has 1 amide bonds. The lowest BCUT2D eigenvalue weighted by atomic mass is 9.98. The molecule has 1 aromatic carbocycles. The first-order valence-corrected chi connectivity index (χ1v) is 15.7. The smallest absolute Gasteiger partial charge is 0.407 e. The number of fused-ring (bicyclic) bond motifs is 1. The third-order valence-electron chi connectivity index (χ3n) is 7.28. The first-order valence-electron chi connectivity index (χ1n) is 13.8. The number of aromatic nitrogens is 1. The second kappa shape index (κ2) is 14.8. The topological polar surface area (TPSA) is 122 Å². The number of ether oxygens (including phenoxy) is 4. The van der Waals surface area contributed by atoms with E-state index in [1.807, 2.05) is 32.9 Å². The van der Waals surface area contributed by atoms with Gasteiger partial charge in [0.05, 0.1) is 42.0 Å². The highest BCUT2D eigenvalue weighted by Gasteiger charge is 2.44. The Hall–Kier alpha value is -1.93. The maximum Gasteiger partial charge on any atom is 0.407 e. The summed E-state index contributed by atoms with van der Waals surface area (Å²) in [6.45, 7) is 7.25. The van der Waals surface area contributed by atoms with Crippen LogP contribution in [0.15, 0.2) is 29.6 Å². The van der Waals surface area contributed by atoms with Gasteiger partial charge >= 0.3 is 6.09 Å². The molecule has 0 spiro atoms. The minimum atomic E-state index is -2.42. The van der Waals surface area contributed by atoms with Crippen LogP contribution in [0.2, 0.25) is 0 Å². The first kappa shape index (κ1) is 31.0. The van der Waals surface area contributed by atoms with E-state index >= 15 is 0 Å². The molecule has 2 saturated heterocycles. The van der Waals surface area contributed by atoms with Gasteiger partial charge in [0.15, 0.2) is 6.29 Å². The van der Waals surface area contributed by atoms with E-state index in [0.29, 0.717) is 26.2 Å². The van der Waals surface area contributed by atoms with Crippen LogP contribution in [0.1, 0.15) is 42.1 Å². The van der Waals surface area contributed by atoms with E-state index in [0.717, 1.165) is 35.5 Å². The van der Waals surface area contributed by atoms with Crippen LogP contribution in [0.4, 0.5) is 4.79 Å². The Kier molecular flexibility index (Phi) is 11.5. The zero-order chi connectivity index (χ0) is 28.6. The number of nitrogens with zero attached hydrogens (tertiary/aromatic N) is 2. The fourth-order valence-corrected chi connectivity index (χ4v) is 6.54. The number of carbonyl (C=O) groups is 1. The summed E-state index contributed by atoms with van der Waals surface area (Å²) >= 11 is -0.765. The summed E-state index contributed by atoms with van der Waals surface area (Å²) < 4.78 is 47.9. The molecule has 1 aromatic heterocycles. The van der Waals surface area contributed by atoms with E-state index in [4.69, 9.17) is 18.9 Å². The van der Waals surface area contributed by atoms with Gasteiger partial charge in [-0.1, -0.05) is 38.1 Å². The molecule has 6 unspecified atom stereocenters. The van der Waals surface area contributed by atoms with Gasteiger partial charge in [-0.15, -0.1) is 11.3 Å². The average molecular weight is 595 g/mol. The molecular formula is C28H40N3O7S2-. The molecular weight excluding hydrogens is 554 g/mol. The highest BCUT2D eigenvalue weighted by Crippen LogP contribution is 2.33. The van der Waals surface area contributed by atoms with Gasteiger partial charge in [-0.3, -0.25) is 4.21 Å². The molecule has 0 radical (unpaired) electrons. The third kappa shape index (κ3) is 8.78. The quantitative estimate of drug-likeness (QED) is 0.330. The van der Waals surface area contributed by atoms with Crippen LogP contribution >= 0.6 is 11.3 Å². The zero-order valence-corrected chi connectivity index (χ0v) is 25.2. The van der Waals surface area contributed by atoms with Gasteiger partial charge < -0.3 is 28.8 Å². The Bertz CT molecular complexity index is 1110. The van der Waals surface area contributed by atoms with Crippen LogP contribution in [0.3, 0.4) is 0 Å². The number of hydrogen-bond donors (Lipinski definition) is 1. The fraction of sp³-hybridized carbons (Fsp3) is 0.643. The normalized spacial score (nSPS) is 22.8. The molecule has 222 valence electrons. The van der Waals surface area contributed by atoms with Crippen molar-refractivity contribution in [1.82, 2.24) is 14.6 Å². The second-order valence-electron chi connectivity index (χ2n) is 10.8. The summed E-state index contributed by atoms with van der Waals surface area (Å²) in [5.41, 5.74) is 3.29. The lowest BCUT2D eigenvalue weighted by Gasteiger charge is -2.33. The van der Waals surface area contributed by atoms with Gasteiger partial charge in [0.1, 0.15) is 6.10 Å². The second-order valence-corrected chi connectivity index (χ2v) is 12.8. The van der Waals surface area contributed by atoms with Gasteiger partial charge in [0, 0.05) is 36.8 Å². The van der Waals surface area contributed by atoms with Crippen molar-refractivity contribution in [1.29, 1.82) is 0 Å². The lowest BCUT2D eigenvalue weighted by Crippen LogP contribution is -2.51. The molecule has 12 heteroatoms. The van der Waals surface area contributed by atoms with Crippen molar-refractivity contribution < 1.29 is 32.5 Å². The van der Waals surface area contributed by atoms with E-state index in [9.17, 15) is 13.6 Å². The summed E-state index contributed by atoms with van der Waals surface area (Å²) in [6.07, 6.45) is 1.09. The Morgan fingerprint density at radius 2 is 1.98 bits per heavy atom. The molecule has 2 aliphatic rings. The van der Waals surface area contributed by atoms with Crippen molar-refractivity contribution in [3.8, 4) is 0 Å². The molecule has 2 aliphatic heterocycles. The number of amides is 1. The van der Waals surface area contributed by atoms with Crippen molar-refractivity contribution in [2.24, 2.45) is 11.8 Å². The SMILES string of the molecule is COC(CN(CC(C)C)S(=O)[O-])C(Cc1ccc(CCc2csc(C)n2)cc1)NC(=O)OC1COC2OCCC12. The number of rotatable bonds is 14. The maximum absolute atomic E-state index is 13.1. The van der Waals surface area contributed by atoms with E-state index in [1.54, 1.807) is 11.3 Å². The van der Waals surface area contributed by atoms with Gasteiger partial charge in [0.2, 0.25) is 0 Å². The van der Waals surface area contributed by atoms with E-state index in [1.165, 1.54) is 17.0 Å². The van der Waals surface area contributed by atoms with E-state index in [2.05, 4.69) is 27.8 Å². The van der Waals surface area contributed by atoms with E-state index < -0.39 is 29.5 Å². The Balaban J connectivity index is 1.43. The van der Waals surface area contributed by atoms with Gasteiger partial charge in [-0.2, -0.15) is 0 Å². The number of thiazole rings is 1. The fourth-order valence-electron chi connectivity index (χ4n) is 5.21. The number of hydrogen-bond acceptors (Lipinski definition) is 9. The summed E-state index contributed by atoms with van der Waals surface area (Å²) in [4.78, 5) is 17.6. The molecule has 2 fully saturated rings. The third-order valence-corrected chi connectivity index (χ3v) is 8.82. The molecule has 0 bridgehead atoms. The lowest BCUT2D eigenvalue weighted by molar-refractivity contribution is -0.0907. The van der Waals surface area contributed by atoms with Crippen LogP contribution in [-0.2, 0) is 49.5 Å². The highest BCUT2D eigenvalue weighted by atomic mass is 32.2. The molecule has 6 atom stereocenters. The zero-order valence-electron chi connectivity index (χ0n) is 23.6. The molecule has 3 heterocycles. The molecule has 40 heavy (non-hydrogen) atoms. The Morgan fingerprint density at radius 3 is 2.62 bits per heavy atom. The van der Waals surface area contributed by atoms with Crippen LogP contribution in [0.5, 0.6) is 0 Å². The summed E-state index contributed by atoms with van der Waals surface area (Å²) in [6, 6.07) is 7.71. The van der Waals surface area contributed by atoms with Crippen molar-refractivity contribution >= 4 is 28.7 Å².